The van der Waals surface area contributed by atoms with Crippen molar-refractivity contribution >= 4 is 17.2 Å². The number of hydrogen-bond donors (Lipinski definition) is 2. The molecule has 0 aliphatic carbocycles. The highest BCUT2D eigenvalue weighted by Gasteiger charge is 1.95. The molecule has 0 saturated carbocycles. The predicted molar refractivity (Wildman–Crippen MR) is 60.9 cm³/mol. The normalized spacial score (nSPS) is 9.93. The molecule has 4 nitrogen and oxygen atoms in total. The summed E-state index contributed by atoms with van der Waals surface area (Å²) in [7, 11) is 0. The molecule has 0 atom stereocenters. The fourth-order valence-electron chi connectivity index (χ4n) is 1.27. The van der Waals surface area contributed by atoms with Gasteiger partial charge in [0.2, 0.25) is 0 Å². The topological polar surface area (TPSA) is 63.8 Å². The zero-order valence-corrected chi connectivity index (χ0v) is 8.44. The van der Waals surface area contributed by atoms with Gasteiger partial charge in [0, 0.05) is 17.6 Å². The minimum atomic E-state index is 0.520. The molecule has 0 fully saturated rings. The van der Waals surface area contributed by atoms with E-state index in [1.54, 1.807) is 18.5 Å². The minimum absolute atomic E-state index is 0.520. The van der Waals surface area contributed by atoms with Crippen molar-refractivity contribution in [2.24, 2.45) is 0 Å². The van der Waals surface area contributed by atoms with Gasteiger partial charge in [-0.15, -0.1) is 0 Å². The molecule has 0 aromatic carbocycles. The van der Waals surface area contributed by atoms with Crippen molar-refractivity contribution in [3.63, 3.8) is 0 Å². The van der Waals surface area contributed by atoms with Crippen LogP contribution in [-0.4, -0.2) is 9.97 Å². The van der Waals surface area contributed by atoms with Crippen LogP contribution >= 0.6 is 0 Å². The molecule has 4 heteroatoms. The van der Waals surface area contributed by atoms with Crippen LogP contribution in [0.1, 0.15) is 5.69 Å². The van der Waals surface area contributed by atoms with Crippen molar-refractivity contribution in [3.05, 3.63) is 42.4 Å². The Labute approximate surface area is 88.2 Å². The molecule has 2 heterocycles. The van der Waals surface area contributed by atoms with E-state index in [-0.39, 0.29) is 0 Å². The first-order valence-electron chi connectivity index (χ1n) is 4.65. The maximum Gasteiger partial charge on any atom is 0.123 e. The molecule has 0 bridgehead atoms. The number of pyridine rings is 2. The summed E-state index contributed by atoms with van der Waals surface area (Å²) in [4.78, 5) is 8.12. The second-order valence-corrected chi connectivity index (χ2v) is 3.28. The lowest BCUT2D eigenvalue weighted by Gasteiger charge is -2.06. The molecule has 0 unspecified atom stereocenters. The van der Waals surface area contributed by atoms with Crippen molar-refractivity contribution < 1.29 is 0 Å². The first-order chi connectivity index (χ1) is 7.24. The average Bonchev–Trinajstić information content (AvgIpc) is 2.22. The van der Waals surface area contributed by atoms with Crippen LogP contribution in [0.2, 0.25) is 0 Å². The highest BCUT2D eigenvalue weighted by atomic mass is 14.9. The van der Waals surface area contributed by atoms with E-state index >= 15 is 0 Å². The van der Waals surface area contributed by atoms with Crippen LogP contribution in [0, 0.1) is 6.92 Å². The zero-order valence-electron chi connectivity index (χ0n) is 8.44. The summed E-state index contributed by atoms with van der Waals surface area (Å²) >= 11 is 0. The molecule has 0 amide bonds. The lowest BCUT2D eigenvalue weighted by atomic mass is 10.3. The molecule has 2 aromatic rings. The van der Waals surface area contributed by atoms with Gasteiger partial charge in [0.1, 0.15) is 5.82 Å². The van der Waals surface area contributed by atoms with Gasteiger partial charge in [-0.05, 0) is 31.2 Å². The van der Waals surface area contributed by atoms with Crippen LogP contribution in [0.5, 0.6) is 0 Å². The number of rotatable bonds is 2. The standard InChI is InChI=1S/C11H12N4/c1-8-6-9(4-5-13-8)15-10-2-3-11(12)14-7-10/h2-7H,1H3,(H2,12,14)(H,13,15). The van der Waals surface area contributed by atoms with Gasteiger partial charge in [0.15, 0.2) is 0 Å². The summed E-state index contributed by atoms with van der Waals surface area (Å²) in [6, 6.07) is 7.52. The van der Waals surface area contributed by atoms with Crippen LogP contribution in [-0.2, 0) is 0 Å². The number of nitrogens with one attached hydrogen (secondary N) is 1. The Bertz CT molecular complexity index is 450. The molecule has 2 aromatic heterocycles. The lowest BCUT2D eigenvalue weighted by molar-refractivity contribution is 1.20. The molecule has 76 valence electrons. The largest absolute Gasteiger partial charge is 0.384 e. The van der Waals surface area contributed by atoms with Crippen molar-refractivity contribution in [2.75, 3.05) is 11.1 Å². The monoisotopic (exact) mass is 200 g/mol. The Morgan fingerprint density at radius 2 is 2.00 bits per heavy atom. The van der Waals surface area contributed by atoms with E-state index in [0.717, 1.165) is 17.1 Å². The smallest absolute Gasteiger partial charge is 0.123 e. The van der Waals surface area contributed by atoms with Crippen molar-refractivity contribution in [1.82, 2.24) is 9.97 Å². The van der Waals surface area contributed by atoms with Gasteiger partial charge in [-0.25, -0.2) is 4.98 Å². The average molecular weight is 200 g/mol. The fourth-order valence-corrected chi connectivity index (χ4v) is 1.27. The SMILES string of the molecule is Cc1cc(Nc2ccc(N)nc2)ccn1. The molecule has 3 N–H and O–H groups in total. The second-order valence-electron chi connectivity index (χ2n) is 3.28. The van der Waals surface area contributed by atoms with Crippen molar-refractivity contribution in [1.29, 1.82) is 0 Å². The molecule has 0 spiro atoms. The van der Waals surface area contributed by atoms with Gasteiger partial charge >= 0.3 is 0 Å². The zero-order chi connectivity index (χ0) is 10.7. The molecular weight excluding hydrogens is 188 g/mol. The predicted octanol–water partition coefficient (Wildman–Crippen LogP) is 2.11. The van der Waals surface area contributed by atoms with Gasteiger partial charge in [0.25, 0.3) is 0 Å². The number of nitrogens with two attached hydrogens (primary N) is 1. The van der Waals surface area contributed by atoms with E-state index < -0.39 is 0 Å². The highest BCUT2D eigenvalue weighted by Crippen LogP contribution is 2.15. The van der Waals surface area contributed by atoms with Crippen molar-refractivity contribution in [2.45, 2.75) is 6.92 Å². The quantitative estimate of drug-likeness (QED) is 0.779. The third kappa shape index (κ3) is 2.43. The summed E-state index contributed by atoms with van der Waals surface area (Å²) in [5, 5.41) is 3.21. The van der Waals surface area contributed by atoms with Gasteiger partial charge in [-0.3, -0.25) is 4.98 Å². The van der Waals surface area contributed by atoms with E-state index in [2.05, 4.69) is 15.3 Å². The van der Waals surface area contributed by atoms with Crippen LogP contribution in [0.3, 0.4) is 0 Å². The molecule has 0 saturated heterocycles. The Kier molecular flexibility index (Phi) is 2.49. The van der Waals surface area contributed by atoms with Crippen LogP contribution < -0.4 is 11.1 Å². The van der Waals surface area contributed by atoms with Gasteiger partial charge in [-0.2, -0.15) is 0 Å². The maximum absolute atomic E-state index is 5.50. The molecule has 2 rings (SSSR count). The summed E-state index contributed by atoms with van der Waals surface area (Å²) in [5.41, 5.74) is 8.38. The molecular formula is C11H12N4. The summed E-state index contributed by atoms with van der Waals surface area (Å²) in [6.45, 7) is 1.95. The Balaban J connectivity index is 2.18. The third-order valence-corrected chi connectivity index (χ3v) is 1.97. The van der Waals surface area contributed by atoms with Gasteiger partial charge < -0.3 is 11.1 Å². The van der Waals surface area contributed by atoms with Gasteiger partial charge in [0.05, 0.1) is 11.9 Å². The molecule has 0 radical (unpaired) electrons. The second kappa shape index (κ2) is 3.96. The lowest BCUT2D eigenvalue weighted by Crippen LogP contribution is -1.94. The number of aromatic nitrogens is 2. The van der Waals surface area contributed by atoms with E-state index in [4.69, 9.17) is 5.73 Å². The van der Waals surface area contributed by atoms with E-state index in [9.17, 15) is 0 Å². The van der Waals surface area contributed by atoms with E-state index in [1.165, 1.54) is 0 Å². The molecule has 15 heavy (non-hydrogen) atoms. The molecule has 0 aliphatic heterocycles. The Morgan fingerprint density at radius 3 is 2.67 bits per heavy atom. The van der Waals surface area contributed by atoms with Crippen molar-refractivity contribution in [3.8, 4) is 0 Å². The number of nitrogen functional groups attached to an aromatic ring is 1. The molecule has 0 aliphatic rings. The number of aryl methyl sites for hydroxylation is 1. The first kappa shape index (κ1) is 9.45. The highest BCUT2D eigenvalue weighted by molar-refractivity contribution is 5.59. The third-order valence-electron chi connectivity index (χ3n) is 1.97. The number of nitrogens with zero attached hydrogens (tertiary/aromatic N) is 2. The van der Waals surface area contributed by atoms with E-state index in [0.29, 0.717) is 5.82 Å². The van der Waals surface area contributed by atoms with Crippen LogP contribution in [0.25, 0.3) is 0 Å². The number of anilines is 3. The Morgan fingerprint density at radius 1 is 1.13 bits per heavy atom. The fraction of sp³-hybridized carbons (Fsp3) is 0.0909. The summed E-state index contributed by atoms with van der Waals surface area (Å²) < 4.78 is 0. The van der Waals surface area contributed by atoms with Gasteiger partial charge in [-0.1, -0.05) is 0 Å². The number of hydrogen-bond acceptors (Lipinski definition) is 4. The first-order valence-corrected chi connectivity index (χ1v) is 4.65. The maximum atomic E-state index is 5.50. The summed E-state index contributed by atoms with van der Waals surface area (Å²) in [6.07, 6.45) is 3.47. The minimum Gasteiger partial charge on any atom is -0.384 e. The van der Waals surface area contributed by atoms with Crippen LogP contribution in [0.15, 0.2) is 36.7 Å². The van der Waals surface area contributed by atoms with E-state index in [1.807, 2.05) is 25.1 Å². The van der Waals surface area contributed by atoms with Crippen LogP contribution in [0.4, 0.5) is 17.2 Å². The Hall–Kier alpha value is -2.10. The summed E-state index contributed by atoms with van der Waals surface area (Å²) in [5.74, 6) is 0.520.